The van der Waals surface area contributed by atoms with Crippen LogP contribution in [0.3, 0.4) is 0 Å². The average molecular weight is 169 g/mol. The Labute approximate surface area is 74.3 Å². The van der Waals surface area contributed by atoms with E-state index in [2.05, 4.69) is 10.2 Å². The van der Waals surface area contributed by atoms with E-state index in [0.717, 1.165) is 19.0 Å². The fourth-order valence-corrected chi connectivity index (χ4v) is 2.41. The molecule has 2 saturated heterocycles. The van der Waals surface area contributed by atoms with Crippen molar-refractivity contribution in [1.82, 2.24) is 10.2 Å². The Morgan fingerprint density at radius 1 is 1.50 bits per heavy atom. The summed E-state index contributed by atoms with van der Waals surface area (Å²) >= 11 is 0. The SMILES string of the molecule is NCCC1CN2CCC[C@@H]2CN1. The molecule has 3 heteroatoms. The highest BCUT2D eigenvalue weighted by Crippen LogP contribution is 2.20. The summed E-state index contributed by atoms with van der Waals surface area (Å²) in [6, 6.07) is 1.49. The summed E-state index contributed by atoms with van der Waals surface area (Å²) in [5, 5.41) is 3.57. The lowest BCUT2D eigenvalue weighted by atomic mass is 10.1. The van der Waals surface area contributed by atoms with Crippen LogP contribution in [-0.2, 0) is 0 Å². The fourth-order valence-electron chi connectivity index (χ4n) is 2.41. The molecule has 0 saturated carbocycles. The van der Waals surface area contributed by atoms with Crippen molar-refractivity contribution >= 4 is 0 Å². The average Bonchev–Trinajstić information content (AvgIpc) is 2.51. The van der Waals surface area contributed by atoms with Gasteiger partial charge in [0.2, 0.25) is 0 Å². The largest absolute Gasteiger partial charge is 0.330 e. The van der Waals surface area contributed by atoms with E-state index < -0.39 is 0 Å². The summed E-state index contributed by atoms with van der Waals surface area (Å²) in [5.41, 5.74) is 5.54. The van der Waals surface area contributed by atoms with Crippen molar-refractivity contribution in [3.8, 4) is 0 Å². The zero-order valence-corrected chi connectivity index (χ0v) is 7.63. The predicted octanol–water partition coefficient (Wildman–Crippen LogP) is -0.229. The normalized spacial score (nSPS) is 36.8. The molecule has 0 amide bonds. The standard InChI is InChI=1S/C9H19N3/c10-4-3-8-7-12-5-1-2-9(12)6-11-8/h8-9,11H,1-7,10H2/t8?,9-/m1/s1. The molecule has 0 aromatic heterocycles. The summed E-state index contributed by atoms with van der Waals surface area (Å²) < 4.78 is 0. The molecule has 2 fully saturated rings. The lowest BCUT2D eigenvalue weighted by molar-refractivity contribution is 0.169. The molecule has 0 aromatic carbocycles. The first-order valence-corrected chi connectivity index (χ1v) is 5.07. The predicted molar refractivity (Wildman–Crippen MR) is 50.1 cm³/mol. The highest BCUT2D eigenvalue weighted by atomic mass is 15.2. The summed E-state index contributed by atoms with van der Waals surface area (Å²) in [7, 11) is 0. The number of fused-ring (bicyclic) bond motifs is 1. The second-order valence-corrected chi connectivity index (χ2v) is 3.97. The molecule has 0 aliphatic carbocycles. The van der Waals surface area contributed by atoms with Crippen LogP contribution >= 0.6 is 0 Å². The Morgan fingerprint density at radius 3 is 3.25 bits per heavy atom. The van der Waals surface area contributed by atoms with E-state index in [1.165, 1.54) is 32.5 Å². The maximum Gasteiger partial charge on any atom is 0.0221 e. The zero-order chi connectivity index (χ0) is 8.39. The first-order valence-electron chi connectivity index (χ1n) is 5.07. The molecule has 0 spiro atoms. The van der Waals surface area contributed by atoms with Crippen molar-refractivity contribution in [3.05, 3.63) is 0 Å². The van der Waals surface area contributed by atoms with Gasteiger partial charge in [0.05, 0.1) is 0 Å². The van der Waals surface area contributed by atoms with Crippen LogP contribution in [0.5, 0.6) is 0 Å². The van der Waals surface area contributed by atoms with E-state index in [1.807, 2.05) is 0 Å². The monoisotopic (exact) mass is 169 g/mol. The first-order chi connectivity index (χ1) is 5.90. The number of rotatable bonds is 2. The number of piperazine rings is 1. The van der Waals surface area contributed by atoms with Gasteiger partial charge in [-0.3, -0.25) is 4.90 Å². The van der Waals surface area contributed by atoms with Gasteiger partial charge < -0.3 is 11.1 Å². The van der Waals surface area contributed by atoms with Crippen LogP contribution in [0.25, 0.3) is 0 Å². The molecule has 0 aromatic rings. The Bertz CT molecular complexity index is 149. The van der Waals surface area contributed by atoms with E-state index in [4.69, 9.17) is 5.73 Å². The summed E-state index contributed by atoms with van der Waals surface area (Å²) in [6.07, 6.45) is 3.91. The van der Waals surface area contributed by atoms with Gasteiger partial charge >= 0.3 is 0 Å². The number of hydrogen-bond donors (Lipinski definition) is 2. The molecule has 2 heterocycles. The van der Waals surface area contributed by atoms with Crippen LogP contribution in [-0.4, -0.2) is 43.2 Å². The molecule has 0 bridgehead atoms. The third-order valence-electron chi connectivity index (χ3n) is 3.11. The summed E-state index contributed by atoms with van der Waals surface area (Å²) in [4.78, 5) is 2.62. The van der Waals surface area contributed by atoms with Gasteiger partial charge in [-0.05, 0) is 32.4 Å². The lowest BCUT2D eigenvalue weighted by Gasteiger charge is -2.35. The molecule has 3 N–H and O–H groups in total. The minimum absolute atomic E-state index is 0.657. The Balaban J connectivity index is 1.84. The molecule has 2 rings (SSSR count). The minimum atomic E-state index is 0.657. The van der Waals surface area contributed by atoms with E-state index in [0.29, 0.717) is 6.04 Å². The molecule has 0 radical (unpaired) electrons. The maximum absolute atomic E-state index is 5.54. The van der Waals surface area contributed by atoms with Crippen molar-refractivity contribution in [2.45, 2.75) is 31.3 Å². The van der Waals surface area contributed by atoms with Gasteiger partial charge in [-0.15, -0.1) is 0 Å². The van der Waals surface area contributed by atoms with Gasteiger partial charge in [0.25, 0.3) is 0 Å². The highest BCUT2D eigenvalue weighted by Gasteiger charge is 2.30. The molecule has 70 valence electrons. The molecular weight excluding hydrogens is 150 g/mol. The fraction of sp³-hybridized carbons (Fsp3) is 1.00. The summed E-state index contributed by atoms with van der Waals surface area (Å²) in [6.45, 7) is 4.54. The van der Waals surface area contributed by atoms with Crippen molar-refractivity contribution in [2.75, 3.05) is 26.2 Å². The van der Waals surface area contributed by atoms with E-state index in [9.17, 15) is 0 Å². The van der Waals surface area contributed by atoms with Gasteiger partial charge in [-0.1, -0.05) is 0 Å². The smallest absolute Gasteiger partial charge is 0.0221 e. The van der Waals surface area contributed by atoms with Crippen molar-refractivity contribution < 1.29 is 0 Å². The Morgan fingerprint density at radius 2 is 2.42 bits per heavy atom. The van der Waals surface area contributed by atoms with Gasteiger partial charge in [0.15, 0.2) is 0 Å². The van der Waals surface area contributed by atoms with Crippen LogP contribution in [0.15, 0.2) is 0 Å². The Hall–Kier alpha value is -0.120. The molecule has 2 aliphatic rings. The van der Waals surface area contributed by atoms with Crippen molar-refractivity contribution in [3.63, 3.8) is 0 Å². The maximum atomic E-state index is 5.54. The van der Waals surface area contributed by atoms with Gasteiger partial charge in [-0.25, -0.2) is 0 Å². The van der Waals surface area contributed by atoms with E-state index in [-0.39, 0.29) is 0 Å². The van der Waals surface area contributed by atoms with Crippen LogP contribution < -0.4 is 11.1 Å². The van der Waals surface area contributed by atoms with Gasteiger partial charge in [0, 0.05) is 25.2 Å². The van der Waals surface area contributed by atoms with Crippen LogP contribution in [0.4, 0.5) is 0 Å². The van der Waals surface area contributed by atoms with Crippen molar-refractivity contribution in [1.29, 1.82) is 0 Å². The van der Waals surface area contributed by atoms with Crippen LogP contribution in [0.2, 0.25) is 0 Å². The molecular formula is C9H19N3. The molecule has 2 aliphatic heterocycles. The second-order valence-electron chi connectivity index (χ2n) is 3.97. The minimum Gasteiger partial charge on any atom is -0.330 e. The van der Waals surface area contributed by atoms with E-state index >= 15 is 0 Å². The second kappa shape index (κ2) is 3.73. The lowest BCUT2D eigenvalue weighted by Crippen LogP contribution is -2.54. The third-order valence-corrected chi connectivity index (χ3v) is 3.11. The third kappa shape index (κ3) is 1.63. The Kier molecular flexibility index (Phi) is 2.63. The molecule has 1 unspecified atom stereocenters. The summed E-state index contributed by atoms with van der Waals surface area (Å²) in [5.74, 6) is 0. The number of nitrogens with zero attached hydrogens (tertiary/aromatic N) is 1. The van der Waals surface area contributed by atoms with Crippen LogP contribution in [0.1, 0.15) is 19.3 Å². The van der Waals surface area contributed by atoms with Gasteiger partial charge in [-0.2, -0.15) is 0 Å². The van der Waals surface area contributed by atoms with Gasteiger partial charge in [0.1, 0.15) is 0 Å². The molecule has 12 heavy (non-hydrogen) atoms. The van der Waals surface area contributed by atoms with Crippen molar-refractivity contribution in [2.24, 2.45) is 5.73 Å². The highest BCUT2D eigenvalue weighted by molar-refractivity contribution is 4.89. The first kappa shape index (κ1) is 8.48. The topological polar surface area (TPSA) is 41.3 Å². The number of nitrogens with one attached hydrogen (secondary N) is 1. The number of nitrogens with two attached hydrogens (primary N) is 1. The zero-order valence-electron chi connectivity index (χ0n) is 7.63. The van der Waals surface area contributed by atoms with Crippen LogP contribution in [0, 0.1) is 0 Å². The number of hydrogen-bond acceptors (Lipinski definition) is 3. The molecule has 2 atom stereocenters. The quantitative estimate of drug-likeness (QED) is 0.600. The van der Waals surface area contributed by atoms with E-state index in [1.54, 1.807) is 0 Å². The molecule has 3 nitrogen and oxygen atoms in total.